The normalized spacial score (nSPS) is 16.3. The first-order valence-electron chi connectivity index (χ1n) is 21.2. The van der Waals surface area contributed by atoms with Crippen LogP contribution in [0.25, 0.3) is 21.5 Å². The zero-order valence-corrected chi connectivity index (χ0v) is 40.8. The molecule has 2 aliphatic heterocycles. The molecule has 7 rings (SSSR count). The SMILES string of the molecule is CC(C)(C)OP(=O)(Oc1cc2c(c3ccccc13)[C@H](CCl)CN2C(=O)CCCC(=O)N1C[C@@H](CCl)c2c1cc(N(CCSSc1ccccn1)C(=O)O)c1ccccc21)OC(C)(C)C. The van der Waals surface area contributed by atoms with E-state index in [0.717, 1.165) is 32.3 Å². The molecule has 1 N–H and O–H groups in total. The maximum atomic E-state index is 14.3. The molecule has 340 valence electrons. The summed E-state index contributed by atoms with van der Waals surface area (Å²) < 4.78 is 32.5. The Labute approximate surface area is 392 Å². The molecule has 0 fully saturated rings. The fourth-order valence-corrected chi connectivity index (χ4v) is 12.5. The highest BCUT2D eigenvalue weighted by molar-refractivity contribution is 8.76. The summed E-state index contributed by atoms with van der Waals surface area (Å²) >= 11 is 13.1. The van der Waals surface area contributed by atoms with Crippen molar-refractivity contribution >= 4 is 109 Å². The van der Waals surface area contributed by atoms with Crippen LogP contribution in [0.3, 0.4) is 0 Å². The number of phosphoric acid groups is 1. The van der Waals surface area contributed by atoms with Crippen LogP contribution in [0.4, 0.5) is 21.9 Å². The first-order valence-corrected chi connectivity index (χ1v) is 26.0. The Hall–Kier alpha value is -4.01. The summed E-state index contributed by atoms with van der Waals surface area (Å²) in [5, 5.41) is 14.4. The van der Waals surface area contributed by atoms with Crippen LogP contribution in [-0.2, 0) is 23.2 Å². The van der Waals surface area contributed by atoms with E-state index in [1.54, 1.807) is 69.7 Å². The van der Waals surface area contributed by atoms with E-state index >= 15 is 0 Å². The summed E-state index contributed by atoms with van der Waals surface area (Å²) in [7, 11) is -1.21. The van der Waals surface area contributed by atoms with Gasteiger partial charge in [-0.05, 0) is 98.9 Å². The quantitative estimate of drug-likeness (QED) is 0.0437. The van der Waals surface area contributed by atoms with Crippen LogP contribution >= 0.6 is 52.6 Å². The number of halogens is 2. The van der Waals surface area contributed by atoms with E-state index < -0.39 is 25.1 Å². The molecular weight excluding hydrogens is 915 g/mol. The van der Waals surface area contributed by atoms with Gasteiger partial charge < -0.3 is 19.4 Å². The lowest BCUT2D eigenvalue weighted by Crippen LogP contribution is -2.33. The highest BCUT2D eigenvalue weighted by Crippen LogP contribution is 2.58. The molecule has 17 heteroatoms. The standard InChI is InChI=1S/C47H53Cl2N4O8PS2/c1-46(2,3)60-62(58,61-47(4,5)6)59-39-25-38-44(35-17-10-8-15-33(35)39)31(27-49)29-53(38)42(55)20-13-19-41(54)52-28-30(26-48)43-34-16-9-7-14-32(34)36(24-37(43)52)51(45(56)57)22-23-63-64-40-18-11-12-21-50-40/h7-12,14-18,21,24-25,30-31H,13,19-20,22-23,26-29H2,1-6H3,(H,56,57)/t30-,31-/m1/s1. The van der Waals surface area contributed by atoms with E-state index in [1.807, 2.05) is 66.7 Å². The number of nitrogens with zero attached hydrogens (tertiary/aromatic N) is 4. The average Bonchev–Trinajstić information content (AvgIpc) is 3.81. The number of carbonyl (C=O) groups is 3. The van der Waals surface area contributed by atoms with Gasteiger partial charge in [0.1, 0.15) is 10.8 Å². The Kier molecular flexibility index (Phi) is 14.9. The minimum atomic E-state index is -4.21. The molecule has 12 nitrogen and oxygen atoms in total. The van der Waals surface area contributed by atoms with Crippen molar-refractivity contribution in [1.29, 1.82) is 0 Å². The first-order chi connectivity index (χ1) is 30.4. The van der Waals surface area contributed by atoms with Crippen LogP contribution in [0.2, 0.25) is 0 Å². The molecule has 0 bridgehead atoms. The minimum Gasteiger partial charge on any atom is -0.465 e. The molecule has 0 radical (unpaired) electrons. The van der Waals surface area contributed by atoms with Gasteiger partial charge >= 0.3 is 13.9 Å². The molecular formula is C47H53Cl2N4O8PS2. The van der Waals surface area contributed by atoms with Gasteiger partial charge in [-0.3, -0.25) is 23.5 Å². The van der Waals surface area contributed by atoms with Crippen molar-refractivity contribution in [1.82, 2.24) is 4.98 Å². The van der Waals surface area contributed by atoms with Crippen molar-refractivity contribution in [2.75, 3.05) is 51.8 Å². The molecule has 1 aromatic heterocycles. The van der Waals surface area contributed by atoms with Crippen LogP contribution in [0.1, 0.15) is 83.8 Å². The number of fused-ring (bicyclic) bond motifs is 6. The maximum absolute atomic E-state index is 14.3. The monoisotopic (exact) mass is 966 g/mol. The van der Waals surface area contributed by atoms with Crippen LogP contribution in [0.5, 0.6) is 5.75 Å². The topological polar surface area (TPSA) is 139 Å². The summed E-state index contributed by atoms with van der Waals surface area (Å²) in [5.41, 5.74) is 1.75. The number of hydrogen-bond acceptors (Lipinski definition) is 10. The Bertz CT molecular complexity index is 2570. The van der Waals surface area contributed by atoms with Crippen LogP contribution < -0.4 is 19.2 Å². The fourth-order valence-electron chi connectivity index (χ4n) is 8.32. The van der Waals surface area contributed by atoms with Crippen molar-refractivity contribution in [2.24, 2.45) is 0 Å². The number of phosphoric ester groups is 1. The maximum Gasteiger partial charge on any atom is 0.531 e. The molecule has 3 heterocycles. The molecule has 0 saturated heterocycles. The van der Waals surface area contributed by atoms with Crippen molar-refractivity contribution in [2.45, 2.75) is 88.9 Å². The zero-order chi connectivity index (χ0) is 46.0. The second-order valence-electron chi connectivity index (χ2n) is 17.7. The van der Waals surface area contributed by atoms with Crippen molar-refractivity contribution in [3.63, 3.8) is 0 Å². The molecule has 0 saturated carbocycles. The number of carboxylic acid groups (broad SMARTS) is 1. The molecule has 0 unspecified atom stereocenters. The fraction of sp³-hybridized carbons (Fsp3) is 0.404. The molecule has 64 heavy (non-hydrogen) atoms. The molecule has 5 aromatic rings. The lowest BCUT2D eigenvalue weighted by molar-refractivity contribution is -0.119. The second kappa shape index (κ2) is 19.8. The van der Waals surface area contributed by atoms with Gasteiger partial charge in [0.2, 0.25) is 11.8 Å². The largest absolute Gasteiger partial charge is 0.531 e. The first kappa shape index (κ1) is 47.9. The van der Waals surface area contributed by atoms with E-state index in [9.17, 15) is 24.1 Å². The third kappa shape index (κ3) is 10.8. The van der Waals surface area contributed by atoms with E-state index in [1.165, 1.54) is 26.5 Å². The van der Waals surface area contributed by atoms with Gasteiger partial charge in [-0.25, -0.2) is 14.3 Å². The van der Waals surface area contributed by atoms with Crippen LogP contribution in [0, 0.1) is 0 Å². The number of aromatic nitrogens is 1. The Morgan fingerprint density at radius 1 is 0.781 bits per heavy atom. The summed E-state index contributed by atoms with van der Waals surface area (Å²) in [6, 6.07) is 24.3. The van der Waals surface area contributed by atoms with Gasteiger partial charge in [0.15, 0.2) is 0 Å². The third-order valence-electron chi connectivity index (χ3n) is 10.7. The van der Waals surface area contributed by atoms with Gasteiger partial charge in [0.05, 0.1) is 22.6 Å². The molecule has 0 spiro atoms. The number of pyridine rings is 1. The predicted octanol–water partition coefficient (Wildman–Crippen LogP) is 12.6. The third-order valence-corrected chi connectivity index (χ3v) is 15.7. The van der Waals surface area contributed by atoms with Gasteiger partial charge in [-0.2, -0.15) is 0 Å². The number of rotatable bonds is 16. The van der Waals surface area contributed by atoms with Gasteiger partial charge in [-0.1, -0.05) is 65.4 Å². The Morgan fingerprint density at radius 2 is 1.30 bits per heavy atom. The molecule has 4 aromatic carbocycles. The minimum absolute atomic E-state index is 0.0611. The number of alkyl halides is 2. The predicted molar refractivity (Wildman–Crippen MR) is 261 cm³/mol. The Balaban J connectivity index is 1.11. The molecule has 2 atom stereocenters. The van der Waals surface area contributed by atoms with Crippen LogP contribution in [-0.4, -0.2) is 76.3 Å². The van der Waals surface area contributed by atoms with E-state index in [-0.39, 0.29) is 67.0 Å². The lowest BCUT2D eigenvalue weighted by atomic mass is 9.94. The molecule has 2 aliphatic rings. The van der Waals surface area contributed by atoms with Gasteiger partial charge in [-0.15, -0.1) is 23.2 Å². The van der Waals surface area contributed by atoms with E-state index in [2.05, 4.69) is 4.98 Å². The number of benzene rings is 4. The Morgan fingerprint density at radius 3 is 1.81 bits per heavy atom. The van der Waals surface area contributed by atoms with E-state index in [4.69, 9.17) is 36.8 Å². The zero-order valence-electron chi connectivity index (χ0n) is 36.7. The summed E-state index contributed by atoms with van der Waals surface area (Å²) in [6.07, 6.45) is 0.995. The summed E-state index contributed by atoms with van der Waals surface area (Å²) in [5.74, 6) is 0.498. The van der Waals surface area contributed by atoms with Crippen molar-refractivity contribution in [3.05, 3.63) is 96.2 Å². The lowest BCUT2D eigenvalue weighted by Gasteiger charge is -2.31. The average molecular weight is 968 g/mol. The highest BCUT2D eigenvalue weighted by Gasteiger charge is 2.41. The summed E-state index contributed by atoms with van der Waals surface area (Å²) in [4.78, 5) is 50.3. The van der Waals surface area contributed by atoms with Crippen LogP contribution in [0.15, 0.2) is 90.1 Å². The smallest absolute Gasteiger partial charge is 0.465 e. The van der Waals surface area contributed by atoms with Crippen molar-refractivity contribution in [3.8, 4) is 5.75 Å². The van der Waals surface area contributed by atoms with Gasteiger partial charge in [0, 0.05) is 90.5 Å². The number of anilines is 3. The summed E-state index contributed by atoms with van der Waals surface area (Å²) in [6.45, 7) is 11.5. The van der Waals surface area contributed by atoms with Gasteiger partial charge in [0.25, 0.3) is 0 Å². The number of amides is 3. The van der Waals surface area contributed by atoms with E-state index in [0.29, 0.717) is 41.3 Å². The number of hydrogen-bond donors (Lipinski definition) is 1. The second-order valence-corrected chi connectivity index (χ2v) is 22.2. The number of carbonyl (C=O) groups excluding carboxylic acids is 2. The molecule has 0 aliphatic carbocycles. The highest BCUT2D eigenvalue weighted by atomic mass is 35.5. The molecule has 3 amide bonds. The van der Waals surface area contributed by atoms with Crippen molar-refractivity contribution < 1.29 is 37.6 Å².